The predicted molar refractivity (Wildman–Crippen MR) is 123 cm³/mol. The van der Waals surface area contributed by atoms with Gasteiger partial charge >= 0.3 is 0 Å². The standard InChI is InChI=1S/C24H23FN6O3/c1-15-21(34-20-5-3-2-4-19(20)33-15)24(32)26-10-11-31-23-18(13-30-31)22(28-14-29-23)27-12-16-6-8-17(25)9-7-16/h2-9,13-15,21H,10-12H2,1H3,(H,26,32)(H,27,28,29). The summed E-state index contributed by atoms with van der Waals surface area (Å²) in [7, 11) is 0. The molecular weight excluding hydrogens is 439 g/mol. The number of halogens is 1. The quantitative estimate of drug-likeness (QED) is 0.435. The molecule has 1 aliphatic rings. The molecule has 5 rings (SSSR count). The number of rotatable bonds is 7. The lowest BCUT2D eigenvalue weighted by atomic mass is 10.1. The maximum Gasteiger partial charge on any atom is 0.265 e. The Bertz CT molecular complexity index is 1310. The molecule has 0 saturated carbocycles. The minimum Gasteiger partial charge on any atom is -0.482 e. The maximum atomic E-state index is 13.1. The maximum absolute atomic E-state index is 13.1. The molecule has 10 heteroatoms. The number of amides is 1. The van der Waals surface area contributed by atoms with Crippen LogP contribution in [0.15, 0.2) is 61.1 Å². The average Bonchev–Trinajstić information content (AvgIpc) is 3.27. The number of benzene rings is 2. The first kappa shape index (κ1) is 21.6. The first-order valence-corrected chi connectivity index (χ1v) is 10.9. The Balaban J connectivity index is 1.20. The van der Waals surface area contributed by atoms with E-state index in [-0.39, 0.29) is 11.7 Å². The number of ether oxygens (including phenoxy) is 2. The average molecular weight is 462 g/mol. The summed E-state index contributed by atoms with van der Waals surface area (Å²) in [5, 5.41) is 11.3. The summed E-state index contributed by atoms with van der Waals surface area (Å²) in [5.74, 6) is 1.28. The van der Waals surface area contributed by atoms with Gasteiger partial charge in [0.2, 0.25) is 6.10 Å². The SMILES string of the molecule is CC1Oc2ccccc2OC1C(=O)NCCn1ncc2c(NCc3ccc(F)cc3)ncnc21. The number of fused-ring (bicyclic) bond motifs is 2. The lowest BCUT2D eigenvalue weighted by Crippen LogP contribution is -2.49. The third-order valence-corrected chi connectivity index (χ3v) is 5.53. The van der Waals surface area contributed by atoms with Gasteiger partial charge in [-0.15, -0.1) is 0 Å². The minimum absolute atomic E-state index is 0.255. The molecule has 174 valence electrons. The summed E-state index contributed by atoms with van der Waals surface area (Å²) in [6.07, 6.45) is 1.98. The zero-order valence-corrected chi connectivity index (χ0v) is 18.4. The fourth-order valence-corrected chi connectivity index (χ4v) is 3.78. The predicted octanol–water partition coefficient (Wildman–Crippen LogP) is 2.92. The Hall–Kier alpha value is -4.21. The van der Waals surface area contributed by atoms with Crippen molar-refractivity contribution < 1.29 is 18.7 Å². The smallest absolute Gasteiger partial charge is 0.265 e. The highest BCUT2D eigenvalue weighted by molar-refractivity contribution is 5.86. The summed E-state index contributed by atoms with van der Waals surface area (Å²) in [6, 6.07) is 13.6. The molecule has 2 aromatic heterocycles. The number of aromatic nitrogens is 4. The van der Waals surface area contributed by atoms with Crippen molar-refractivity contribution in [1.29, 1.82) is 0 Å². The van der Waals surface area contributed by atoms with E-state index in [1.54, 1.807) is 36.0 Å². The molecule has 2 aromatic carbocycles. The second kappa shape index (κ2) is 9.34. The van der Waals surface area contributed by atoms with Crippen molar-refractivity contribution in [2.24, 2.45) is 0 Å². The Kier molecular flexibility index (Phi) is 5.94. The van der Waals surface area contributed by atoms with Crippen molar-refractivity contribution in [3.63, 3.8) is 0 Å². The first-order valence-electron chi connectivity index (χ1n) is 10.9. The first-order chi connectivity index (χ1) is 16.6. The van der Waals surface area contributed by atoms with Crippen molar-refractivity contribution in [3.05, 3.63) is 72.4 Å². The van der Waals surface area contributed by atoms with Crippen LogP contribution in [0.5, 0.6) is 11.5 Å². The molecule has 0 spiro atoms. The molecule has 3 heterocycles. The summed E-state index contributed by atoms with van der Waals surface area (Å²) in [4.78, 5) is 21.3. The Morgan fingerprint density at radius 3 is 2.65 bits per heavy atom. The Morgan fingerprint density at radius 1 is 1.09 bits per heavy atom. The molecule has 0 bridgehead atoms. The van der Waals surface area contributed by atoms with Gasteiger partial charge in [-0.2, -0.15) is 5.10 Å². The minimum atomic E-state index is -0.742. The van der Waals surface area contributed by atoms with Gasteiger partial charge in [-0.25, -0.2) is 19.0 Å². The molecule has 9 nitrogen and oxygen atoms in total. The number of para-hydroxylation sites is 2. The van der Waals surface area contributed by atoms with E-state index in [0.29, 0.717) is 42.6 Å². The van der Waals surface area contributed by atoms with E-state index in [2.05, 4.69) is 25.7 Å². The Morgan fingerprint density at radius 2 is 1.85 bits per heavy atom. The summed E-state index contributed by atoms with van der Waals surface area (Å²) >= 11 is 0. The molecular formula is C24H23FN6O3. The summed E-state index contributed by atoms with van der Waals surface area (Å²) in [5.41, 5.74) is 1.57. The van der Waals surface area contributed by atoms with Gasteiger partial charge in [0, 0.05) is 13.1 Å². The van der Waals surface area contributed by atoms with Gasteiger partial charge < -0.3 is 20.1 Å². The van der Waals surface area contributed by atoms with Crippen molar-refractivity contribution in [2.45, 2.75) is 32.2 Å². The molecule has 0 radical (unpaired) electrons. The zero-order valence-electron chi connectivity index (χ0n) is 18.4. The fraction of sp³-hybridized carbons (Fsp3) is 0.250. The van der Waals surface area contributed by atoms with E-state index < -0.39 is 12.2 Å². The number of hydrogen-bond acceptors (Lipinski definition) is 7. The van der Waals surface area contributed by atoms with Crippen LogP contribution in [-0.4, -0.2) is 44.4 Å². The van der Waals surface area contributed by atoms with E-state index in [0.717, 1.165) is 10.9 Å². The lowest BCUT2D eigenvalue weighted by molar-refractivity contribution is -0.133. The van der Waals surface area contributed by atoms with E-state index in [9.17, 15) is 9.18 Å². The molecule has 0 saturated heterocycles. The topological polar surface area (TPSA) is 103 Å². The molecule has 0 fully saturated rings. The van der Waals surface area contributed by atoms with Crippen LogP contribution in [0.2, 0.25) is 0 Å². The van der Waals surface area contributed by atoms with Crippen LogP contribution in [0.1, 0.15) is 12.5 Å². The zero-order chi connectivity index (χ0) is 23.5. The highest BCUT2D eigenvalue weighted by Gasteiger charge is 2.33. The molecule has 1 amide bonds. The van der Waals surface area contributed by atoms with E-state index in [1.165, 1.54) is 18.5 Å². The molecule has 2 unspecified atom stereocenters. The molecule has 2 atom stereocenters. The third-order valence-electron chi connectivity index (χ3n) is 5.53. The summed E-state index contributed by atoms with van der Waals surface area (Å²) < 4.78 is 26.5. The second-order valence-corrected chi connectivity index (χ2v) is 7.91. The number of nitrogens with one attached hydrogen (secondary N) is 2. The van der Waals surface area contributed by atoms with Gasteiger partial charge in [-0.3, -0.25) is 4.79 Å². The van der Waals surface area contributed by atoms with Crippen LogP contribution < -0.4 is 20.1 Å². The normalized spacial score (nSPS) is 16.9. The number of anilines is 1. The van der Waals surface area contributed by atoms with Crippen LogP contribution in [0, 0.1) is 5.82 Å². The number of carbonyl (C=O) groups is 1. The van der Waals surface area contributed by atoms with Gasteiger partial charge in [0.25, 0.3) is 5.91 Å². The van der Waals surface area contributed by atoms with E-state index in [1.807, 2.05) is 18.2 Å². The highest BCUT2D eigenvalue weighted by Crippen LogP contribution is 2.33. The third kappa shape index (κ3) is 4.47. The van der Waals surface area contributed by atoms with Gasteiger partial charge in [0.1, 0.15) is 24.1 Å². The van der Waals surface area contributed by atoms with Gasteiger partial charge in [0.15, 0.2) is 17.1 Å². The summed E-state index contributed by atoms with van der Waals surface area (Å²) in [6.45, 7) is 3.05. The van der Waals surface area contributed by atoms with Gasteiger partial charge in [-0.05, 0) is 36.8 Å². The number of carbonyl (C=O) groups excluding carboxylic acids is 1. The van der Waals surface area contributed by atoms with Crippen LogP contribution >= 0.6 is 0 Å². The fourth-order valence-electron chi connectivity index (χ4n) is 3.78. The van der Waals surface area contributed by atoms with Gasteiger partial charge in [-0.1, -0.05) is 24.3 Å². The lowest BCUT2D eigenvalue weighted by Gasteiger charge is -2.31. The van der Waals surface area contributed by atoms with Crippen molar-refractivity contribution in [1.82, 2.24) is 25.1 Å². The van der Waals surface area contributed by atoms with Crippen LogP contribution in [-0.2, 0) is 17.9 Å². The van der Waals surface area contributed by atoms with Crippen LogP contribution in [0.4, 0.5) is 10.2 Å². The van der Waals surface area contributed by atoms with E-state index in [4.69, 9.17) is 9.47 Å². The molecule has 2 N–H and O–H groups in total. The Labute approximate surface area is 194 Å². The molecule has 0 aliphatic carbocycles. The number of hydrogen-bond donors (Lipinski definition) is 2. The number of nitrogens with zero attached hydrogens (tertiary/aromatic N) is 4. The van der Waals surface area contributed by atoms with Gasteiger partial charge in [0.05, 0.1) is 18.1 Å². The van der Waals surface area contributed by atoms with Crippen LogP contribution in [0.25, 0.3) is 11.0 Å². The van der Waals surface area contributed by atoms with Crippen LogP contribution in [0.3, 0.4) is 0 Å². The highest BCUT2D eigenvalue weighted by atomic mass is 19.1. The molecule has 4 aromatic rings. The van der Waals surface area contributed by atoms with E-state index >= 15 is 0 Å². The molecule has 1 aliphatic heterocycles. The monoisotopic (exact) mass is 462 g/mol. The largest absolute Gasteiger partial charge is 0.482 e. The van der Waals surface area contributed by atoms with Crippen molar-refractivity contribution in [3.8, 4) is 11.5 Å². The second-order valence-electron chi connectivity index (χ2n) is 7.91. The van der Waals surface area contributed by atoms with Crippen molar-refractivity contribution in [2.75, 3.05) is 11.9 Å². The van der Waals surface area contributed by atoms with Crippen molar-refractivity contribution >= 4 is 22.8 Å². The molecule has 34 heavy (non-hydrogen) atoms.